The fourth-order valence-electron chi connectivity index (χ4n) is 5.92. The van der Waals surface area contributed by atoms with Crippen molar-refractivity contribution in [3.8, 4) is 45.3 Å². The van der Waals surface area contributed by atoms with Gasteiger partial charge in [0.1, 0.15) is 0 Å². The average molecular weight is 618 g/mol. The fraction of sp³-hybridized carbons (Fsp3) is 0.154. The van der Waals surface area contributed by atoms with E-state index in [1.807, 2.05) is 72.0 Å². The number of nitrogens with zero attached hydrogens (tertiary/aromatic N) is 3. The molecule has 0 bridgehead atoms. The summed E-state index contributed by atoms with van der Waals surface area (Å²) in [6.07, 6.45) is 0. The van der Waals surface area contributed by atoms with Gasteiger partial charge in [0.15, 0.2) is 17.5 Å². The van der Waals surface area contributed by atoms with E-state index in [1.165, 1.54) is 20.2 Å². The van der Waals surface area contributed by atoms with E-state index >= 15 is 0 Å². The van der Waals surface area contributed by atoms with Crippen LogP contribution in [0.4, 0.5) is 0 Å². The van der Waals surface area contributed by atoms with E-state index in [2.05, 4.69) is 88.4 Å². The van der Waals surface area contributed by atoms with Crippen molar-refractivity contribution in [2.75, 3.05) is 0 Å². The van der Waals surface area contributed by atoms with Crippen LogP contribution >= 0.6 is 11.3 Å². The Bertz CT molecular complexity index is 2140. The van der Waals surface area contributed by atoms with E-state index in [1.54, 1.807) is 0 Å². The standard InChI is InChI=1S/C39H32BN3O2S/c1-38(2)39(3,4)45-40(44-38)29-23-31(34-32(24-29)30-17-11-12-18-33(30)46-34)25-19-21-28(22-20-25)37-42-35(26-13-7-5-8-14-26)41-36(43-37)27-15-9-6-10-16-27/h5-24H,1-4H3. The highest BCUT2D eigenvalue weighted by Crippen LogP contribution is 2.42. The molecule has 0 amide bonds. The molecule has 0 atom stereocenters. The van der Waals surface area contributed by atoms with Crippen molar-refractivity contribution in [1.82, 2.24) is 15.0 Å². The molecule has 0 unspecified atom stereocenters. The first-order chi connectivity index (χ1) is 22.3. The van der Waals surface area contributed by atoms with Gasteiger partial charge in [0.05, 0.1) is 11.2 Å². The molecule has 7 heteroatoms. The summed E-state index contributed by atoms with van der Waals surface area (Å²) in [5.74, 6) is 1.93. The summed E-state index contributed by atoms with van der Waals surface area (Å²) in [5.41, 5.74) is 5.26. The molecule has 224 valence electrons. The molecule has 1 fully saturated rings. The number of hydrogen-bond acceptors (Lipinski definition) is 6. The summed E-state index contributed by atoms with van der Waals surface area (Å²) in [6.45, 7) is 8.38. The van der Waals surface area contributed by atoms with Crippen molar-refractivity contribution in [2.45, 2.75) is 38.9 Å². The maximum atomic E-state index is 6.51. The van der Waals surface area contributed by atoms with Crippen LogP contribution in [-0.4, -0.2) is 33.3 Å². The van der Waals surface area contributed by atoms with Crippen LogP contribution in [0.15, 0.2) is 121 Å². The third-order valence-electron chi connectivity index (χ3n) is 9.18. The fourth-order valence-corrected chi connectivity index (χ4v) is 7.14. The molecule has 5 aromatic carbocycles. The second-order valence-electron chi connectivity index (χ2n) is 12.7. The van der Waals surface area contributed by atoms with Crippen LogP contribution in [-0.2, 0) is 9.31 Å². The lowest BCUT2D eigenvalue weighted by atomic mass is 9.77. The van der Waals surface area contributed by atoms with Crippen LogP contribution in [0, 0.1) is 0 Å². The minimum atomic E-state index is -0.455. The molecule has 2 aromatic heterocycles. The zero-order chi connectivity index (χ0) is 31.5. The van der Waals surface area contributed by atoms with Crippen molar-refractivity contribution in [1.29, 1.82) is 0 Å². The smallest absolute Gasteiger partial charge is 0.399 e. The van der Waals surface area contributed by atoms with E-state index < -0.39 is 18.3 Å². The van der Waals surface area contributed by atoms with Gasteiger partial charge in [-0.05, 0) is 50.4 Å². The SMILES string of the molecule is CC1(C)OB(c2cc(-c3ccc(-c4nc(-c5ccccc5)nc(-c5ccccc5)n4)cc3)c3sc4ccccc4c3c2)OC1(C)C. The molecular formula is C39H32BN3O2S. The molecule has 8 rings (SSSR count). The van der Waals surface area contributed by atoms with Gasteiger partial charge >= 0.3 is 7.12 Å². The predicted octanol–water partition coefficient (Wildman–Crippen LogP) is 9.21. The first-order valence-electron chi connectivity index (χ1n) is 15.5. The molecule has 1 aliphatic heterocycles. The Morgan fingerprint density at radius 3 is 1.57 bits per heavy atom. The van der Waals surface area contributed by atoms with E-state index in [-0.39, 0.29) is 0 Å². The maximum Gasteiger partial charge on any atom is 0.494 e. The monoisotopic (exact) mass is 617 g/mol. The van der Waals surface area contributed by atoms with E-state index in [0.29, 0.717) is 17.5 Å². The summed E-state index contributed by atoms with van der Waals surface area (Å²) >= 11 is 1.82. The van der Waals surface area contributed by atoms with Crippen LogP contribution in [0.5, 0.6) is 0 Å². The Morgan fingerprint density at radius 2 is 1.00 bits per heavy atom. The first-order valence-corrected chi connectivity index (χ1v) is 16.4. The highest BCUT2D eigenvalue weighted by molar-refractivity contribution is 7.26. The number of aromatic nitrogens is 3. The quantitative estimate of drug-likeness (QED) is 0.180. The Hall–Kier alpha value is -4.69. The van der Waals surface area contributed by atoms with Crippen molar-refractivity contribution in [3.63, 3.8) is 0 Å². The second kappa shape index (κ2) is 11.0. The van der Waals surface area contributed by atoms with Crippen molar-refractivity contribution < 1.29 is 9.31 Å². The van der Waals surface area contributed by atoms with Gasteiger partial charge in [0.2, 0.25) is 0 Å². The van der Waals surface area contributed by atoms with Crippen LogP contribution < -0.4 is 5.46 Å². The second-order valence-corrected chi connectivity index (χ2v) is 13.8. The van der Waals surface area contributed by atoms with Gasteiger partial charge in [-0.2, -0.15) is 0 Å². The van der Waals surface area contributed by atoms with E-state index in [9.17, 15) is 0 Å². The Morgan fingerprint density at radius 1 is 0.522 bits per heavy atom. The lowest BCUT2D eigenvalue weighted by Crippen LogP contribution is -2.41. The highest BCUT2D eigenvalue weighted by atomic mass is 32.1. The summed E-state index contributed by atoms with van der Waals surface area (Å²) in [6, 6.07) is 41.7. The molecule has 0 spiro atoms. The van der Waals surface area contributed by atoms with Crippen LogP contribution in [0.3, 0.4) is 0 Å². The minimum absolute atomic E-state index is 0.424. The number of thiophene rings is 1. The largest absolute Gasteiger partial charge is 0.494 e. The third-order valence-corrected chi connectivity index (χ3v) is 10.4. The van der Waals surface area contributed by atoms with E-state index in [4.69, 9.17) is 24.3 Å². The predicted molar refractivity (Wildman–Crippen MR) is 190 cm³/mol. The Kier molecular flexibility index (Phi) is 6.87. The van der Waals surface area contributed by atoms with Crippen molar-refractivity contribution >= 4 is 44.1 Å². The van der Waals surface area contributed by atoms with Crippen LogP contribution in [0.2, 0.25) is 0 Å². The molecule has 0 aliphatic carbocycles. The molecule has 1 saturated heterocycles. The van der Waals surface area contributed by atoms with Gasteiger partial charge < -0.3 is 9.31 Å². The summed E-state index contributed by atoms with van der Waals surface area (Å²) < 4.78 is 15.5. The van der Waals surface area contributed by atoms with Crippen molar-refractivity contribution in [2.24, 2.45) is 0 Å². The molecule has 7 aromatic rings. The molecule has 1 aliphatic rings. The zero-order valence-electron chi connectivity index (χ0n) is 26.2. The summed E-state index contributed by atoms with van der Waals surface area (Å²) in [7, 11) is -0.455. The minimum Gasteiger partial charge on any atom is -0.399 e. The van der Waals surface area contributed by atoms with Gasteiger partial charge in [-0.15, -0.1) is 11.3 Å². The molecule has 46 heavy (non-hydrogen) atoms. The van der Waals surface area contributed by atoms with Gasteiger partial charge in [0.25, 0.3) is 0 Å². The van der Waals surface area contributed by atoms with Gasteiger partial charge in [-0.3, -0.25) is 0 Å². The normalized spacial score (nSPS) is 15.5. The molecular weight excluding hydrogens is 585 g/mol. The topological polar surface area (TPSA) is 57.1 Å². The highest BCUT2D eigenvalue weighted by Gasteiger charge is 2.51. The molecule has 0 N–H and O–H groups in total. The summed E-state index contributed by atoms with van der Waals surface area (Å²) in [4.78, 5) is 14.7. The number of benzene rings is 5. The van der Waals surface area contributed by atoms with E-state index in [0.717, 1.165) is 33.3 Å². The number of rotatable bonds is 5. The molecule has 5 nitrogen and oxygen atoms in total. The molecule has 0 radical (unpaired) electrons. The lowest BCUT2D eigenvalue weighted by Gasteiger charge is -2.32. The number of fused-ring (bicyclic) bond motifs is 3. The average Bonchev–Trinajstić information content (AvgIpc) is 3.57. The molecule has 0 saturated carbocycles. The van der Waals surface area contributed by atoms with Crippen LogP contribution in [0.1, 0.15) is 27.7 Å². The van der Waals surface area contributed by atoms with Crippen molar-refractivity contribution in [3.05, 3.63) is 121 Å². The molecule has 3 heterocycles. The Balaban J connectivity index is 1.24. The van der Waals surface area contributed by atoms with Gasteiger partial charge in [-0.1, -0.05) is 115 Å². The maximum absolute atomic E-state index is 6.51. The number of hydrogen-bond donors (Lipinski definition) is 0. The first kappa shape index (κ1) is 28.8. The third kappa shape index (κ3) is 5.01. The zero-order valence-corrected chi connectivity index (χ0v) is 27.0. The lowest BCUT2D eigenvalue weighted by molar-refractivity contribution is 0.00578. The van der Waals surface area contributed by atoms with Crippen LogP contribution in [0.25, 0.3) is 65.5 Å². The summed E-state index contributed by atoms with van der Waals surface area (Å²) in [5, 5.41) is 2.45. The Labute approximate surface area is 273 Å². The van der Waals surface area contributed by atoms with Gasteiger partial charge in [-0.25, -0.2) is 15.0 Å². The van der Waals surface area contributed by atoms with Gasteiger partial charge in [0, 0.05) is 36.9 Å².